The minimum absolute atomic E-state index is 0.0340. The van der Waals surface area contributed by atoms with E-state index in [1.807, 2.05) is 30.3 Å². The molecule has 0 bridgehead atoms. The van der Waals surface area contributed by atoms with Crippen LogP contribution in [0.4, 0.5) is 0 Å². The second kappa shape index (κ2) is 8.14. The molecule has 0 spiro atoms. The molecule has 1 aliphatic heterocycles. The summed E-state index contributed by atoms with van der Waals surface area (Å²) in [6.07, 6.45) is 0. The van der Waals surface area contributed by atoms with E-state index in [1.165, 1.54) is 14.2 Å². The number of ether oxygens (including phenoxy) is 3. The quantitative estimate of drug-likeness (QED) is 0.431. The van der Waals surface area contributed by atoms with Crippen LogP contribution in [0.1, 0.15) is 5.56 Å². The van der Waals surface area contributed by atoms with E-state index in [1.54, 1.807) is 4.90 Å². The molecule has 0 atom stereocenters. The maximum Gasteiger partial charge on any atom is 0.389 e. The van der Waals surface area contributed by atoms with Crippen LogP contribution in [0.5, 0.6) is 0 Å². The van der Waals surface area contributed by atoms with Gasteiger partial charge in [0.1, 0.15) is 6.67 Å². The van der Waals surface area contributed by atoms with E-state index in [-0.39, 0.29) is 24.1 Å². The number of nitrogens with zero attached hydrogens (tertiary/aromatic N) is 3. The highest BCUT2D eigenvalue weighted by Crippen LogP contribution is 2.19. The molecule has 0 saturated heterocycles. The van der Waals surface area contributed by atoms with Crippen molar-refractivity contribution in [3.63, 3.8) is 0 Å². The van der Waals surface area contributed by atoms with Crippen LogP contribution in [-0.4, -0.2) is 49.8 Å². The molecule has 0 saturated carbocycles. The topological polar surface area (TPSA) is 86.4 Å². The molecule has 1 aromatic carbocycles. The molecule has 0 aromatic heterocycles. The summed E-state index contributed by atoms with van der Waals surface area (Å²) in [5.41, 5.74) is 0.795. The van der Waals surface area contributed by atoms with E-state index < -0.39 is 4.92 Å². The summed E-state index contributed by atoms with van der Waals surface area (Å²) in [5.74, 6) is 0.0958. The smallest absolute Gasteiger partial charge is 0.389 e. The molecule has 8 nitrogen and oxygen atoms in total. The molecule has 2 rings (SSSR count). The maximum atomic E-state index is 11.2. The van der Waals surface area contributed by atoms with Crippen molar-refractivity contribution in [2.45, 2.75) is 6.61 Å². The highest BCUT2D eigenvalue weighted by molar-refractivity contribution is 5.92. The van der Waals surface area contributed by atoms with Crippen molar-refractivity contribution in [2.75, 3.05) is 34.0 Å². The van der Waals surface area contributed by atoms with Gasteiger partial charge in [0.2, 0.25) is 0 Å². The Morgan fingerprint density at radius 3 is 2.61 bits per heavy atom. The van der Waals surface area contributed by atoms with Crippen LogP contribution in [0.2, 0.25) is 0 Å². The number of nitro groups is 1. The van der Waals surface area contributed by atoms with Gasteiger partial charge in [0.05, 0.1) is 32.4 Å². The Kier molecular flexibility index (Phi) is 5.93. The molecule has 0 unspecified atom stereocenters. The van der Waals surface area contributed by atoms with Gasteiger partial charge in [0.25, 0.3) is 11.8 Å². The Morgan fingerprint density at radius 1 is 1.26 bits per heavy atom. The van der Waals surface area contributed by atoms with Gasteiger partial charge in [-0.3, -0.25) is 10.1 Å². The summed E-state index contributed by atoms with van der Waals surface area (Å²) in [6.45, 7) is 1.52. The van der Waals surface area contributed by atoms with Gasteiger partial charge in [-0.25, -0.2) is 4.99 Å². The average Bonchev–Trinajstić information content (AvgIpc) is 2.58. The molecule has 124 valence electrons. The van der Waals surface area contributed by atoms with Crippen LogP contribution in [0.15, 0.2) is 46.9 Å². The zero-order valence-corrected chi connectivity index (χ0v) is 13.1. The number of rotatable bonds is 7. The number of hydrogen-bond acceptors (Lipinski definition) is 7. The second-order valence-electron chi connectivity index (χ2n) is 4.73. The number of methoxy groups -OCH3 is 2. The van der Waals surface area contributed by atoms with E-state index in [0.29, 0.717) is 19.8 Å². The fraction of sp³-hybridized carbons (Fsp3) is 0.400. The molecule has 1 aromatic rings. The first-order valence-electron chi connectivity index (χ1n) is 7.05. The minimum atomic E-state index is -0.557. The van der Waals surface area contributed by atoms with Crippen molar-refractivity contribution in [1.82, 2.24) is 4.90 Å². The van der Waals surface area contributed by atoms with Crippen LogP contribution in [0.3, 0.4) is 0 Å². The van der Waals surface area contributed by atoms with Gasteiger partial charge in [-0.2, -0.15) is 0 Å². The predicted octanol–water partition coefficient (Wildman–Crippen LogP) is 1.61. The highest BCUT2D eigenvalue weighted by atomic mass is 16.6. The lowest BCUT2D eigenvalue weighted by molar-refractivity contribution is -0.421. The Morgan fingerprint density at radius 2 is 2.00 bits per heavy atom. The average molecular weight is 321 g/mol. The summed E-state index contributed by atoms with van der Waals surface area (Å²) in [4.78, 5) is 16.3. The molecule has 1 heterocycles. The van der Waals surface area contributed by atoms with Crippen molar-refractivity contribution in [3.8, 4) is 0 Å². The van der Waals surface area contributed by atoms with Crippen LogP contribution in [0, 0.1) is 10.1 Å². The molecule has 0 aliphatic carbocycles. The molecule has 8 heteroatoms. The molecular formula is C15H19N3O5. The van der Waals surface area contributed by atoms with E-state index in [9.17, 15) is 10.1 Å². The Hall–Kier alpha value is -2.61. The standard InChI is InChI=1S/C15H19N3O5/c1-21-14-13(18(19)20)15(22-2)17(11-16-14)8-9-23-10-12-6-4-3-5-7-12/h3-7H,8-11H2,1-2H3. The van der Waals surface area contributed by atoms with Crippen LogP contribution in [-0.2, 0) is 20.8 Å². The number of benzene rings is 1. The lowest BCUT2D eigenvalue weighted by atomic mass is 10.2. The molecule has 1 aliphatic rings. The summed E-state index contributed by atoms with van der Waals surface area (Å²) in [7, 11) is 2.73. The van der Waals surface area contributed by atoms with Gasteiger partial charge < -0.3 is 19.1 Å². The summed E-state index contributed by atoms with van der Waals surface area (Å²) in [6, 6.07) is 9.78. The minimum Gasteiger partial charge on any atom is -0.477 e. The van der Waals surface area contributed by atoms with Crippen molar-refractivity contribution in [1.29, 1.82) is 0 Å². The lowest BCUT2D eigenvalue weighted by Gasteiger charge is -2.26. The van der Waals surface area contributed by atoms with Gasteiger partial charge >= 0.3 is 5.70 Å². The molecule has 23 heavy (non-hydrogen) atoms. The van der Waals surface area contributed by atoms with Crippen LogP contribution in [0.25, 0.3) is 0 Å². The predicted molar refractivity (Wildman–Crippen MR) is 83.1 cm³/mol. The maximum absolute atomic E-state index is 11.2. The van der Waals surface area contributed by atoms with Crippen molar-refractivity contribution >= 4 is 5.90 Å². The van der Waals surface area contributed by atoms with Gasteiger partial charge in [-0.15, -0.1) is 0 Å². The molecule has 0 fully saturated rings. The Bertz CT molecular complexity index is 600. The van der Waals surface area contributed by atoms with Crippen molar-refractivity contribution in [3.05, 3.63) is 57.6 Å². The van der Waals surface area contributed by atoms with E-state index >= 15 is 0 Å². The third-order valence-electron chi connectivity index (χ3n) is 3.26. The molecular weight excluding hydrogens is 302 g/mol. The fourth-order valence-corrected chi connectivity index (χ4v) is 2.18. The van der Waals surface area contributed by atoms with E-state index in [2.05, 4.69) is 4.99 Å². The number of hydrogen-bond donors (Lipinski definition) is 0. The molecule has 0 N–H and O–H groups in total. The summed E-state index contributed by atoms with van der Waals surface area (Å²) in [5, 5.41) is 11.2. The van der Waals surface area contributed by atoms with Gasteiger partial charge in [-0.05, 0) is 5.56 Å². The zero-order valence-electron chi connectivity index (χ0n) is 13.1. The van der Waals surface area contributed by atoms with Crippen LogP contribution >= 0.6 is 0 Å². The van der Waals surface area contributed by atoms with Gasteiger partial charge in [-0.1, -0.05) is 30.3 Å². The Balaban J connectivity index is 1.95. The van der Waals surface area contributed by atoms with E-state index in [4.69, 9.17) is 14.2 Å². The second-order valence-corrected chi connectivity index (χ2v) is 4.73. The third-order valence-corrected chi connectivity index (χ3v) is 3.26. The van der Waals surface area contributed by atoms with E-state index in [0.717, 1.165) is 5.56 Å². The van der Waals surface area contributed by atoms with Crippen molar-refractivity contribution in [2.24, 2.45) is 4.99 Å². The fourth-order valence-electron chi connectivity index (χ4n) is 2.18. The molecule has 0 radical (unpaired) electrons. The number of aliphatic imine (C=N–C) groups is 1. The van der Waals surface area contributed by atoms with Crippen molar-refractivity contribution < 1.29 is 19.1 Å². The highest BCUT2D eigenvalue weighted by Gasteiger charge is 2.35. The van der Waals surface area contributed by atoms with Crippen LogP contribution < -0.4 is 0 Å². The first-order chi connectivity index (χ1) is 11.2. The molecule has 0 amide bonds. The first kappa shape index (κ1) is 16.8. The third kappa shape index (κ3) is 4.19. The largest absolute Gasteiger partial charge is 0.477 e. The van der Waals surface area contributed by atoms with Gasteiger partial charge in [0, 0.05) is 6.54 Å². The lowest BCUT2D eigenvalue weighted by Crippen LogP contribution is -2.36. The SMILES string of the molecule is COC1=NCN(CCOCc2ccccc2)C(OC)=C1[N+](=O)[O-]. The Labute approximate surface area is 134 Å². The van der Waals surface area contributed by atoms with Gasteiger partial charge in [0.15, 0.2) is 0 Å². The normalized spacial score (nSPS) is 14.5. The zero-order chi connectivity index (χ0) is 16.7. The summed E-state index contributed by atoms with van der Waals surface area (Å²) < 4.78 is 15.7. The first-order valence-corrected chi connectivity index (χ1v) is 7.05. The monoisotopic (exact) mass is 321 g/mol. The summed E-state index contributed by atoms with van der Waals surface area (Å²) >= 11 is 0.